The van der Waals surface area contributed by atoms with Gasteiger partial charge in [-0.1, -0.05) is 18.2 Å². The maximum atomic E-state index is 12.8. The minimum atomic E-state index is -1.24. The maximum absolute atomic E-state index is 12.8. The second kappa shape index (κ2) is 6.80. The average Bonchev–Trinajstić information content (AvgIpc) is 3.24. The van der Waals surface area contributed by atoms with Crippen molar-refractivity contribution in [3.8, 4) is 0 Å². The normalized spacial score (nSPS) is 16.9. The third-order valence-corrected chi connectivity index (χ3v) is 4.25. The van der Waals surface area contributed by atoms with Gasteiger partial charge < -0.3 is 19.3 Å². The fourth-order valence-electron chi connectivity index (χ4n) is 3.03. The van der Waals surface area contributed by atoms with Crippen LogP contribution in [0.1, 0.15) is 34.5 Å². The zero-order valence-corrected chi connectivity index (χ0v) is 13.7. The fraction of sp³-hybridized carbons (Fsp3) is 0.278. The lowest BCUT2D eigenvalue weighted by Gasteiger charge is -2.26. The number of carbonyl (C=O) groups excluding carboxylic acids is 2. The third-order valence-electron chi connectivity index (χ3n) is 4.25. The van der Waals surface area contributed by atoms with Gasteiger partial charge in [-0.15, -0.1) is 0 Å². The minimum absolute atomic E-state index is 0.0785. The summed E-state index contributed by atoms with van der Waals surface area (Å²) in [5.41, 5.74) is 0.796. The monoisotopic (exact) mass is 342 g/mol. The number of aromatic carboxylic acids is 1. The molecular formula is C18H18N2O5. The first-order chi connectivity index (χ1) is 12.0. The molecule has 0 aliphatic carbocycles. The van der Waals surface area contributed by atoms with Gasteiger partial charge in [0.05, 0.1) is 0 Å². The summed E-state index contributed by atoms with van der Waals surface area (Å²) in [6, 6.07) is 11.3. The van der Waals surface area contributed by atoms with Crippen LogP contribution in [0.5, 0.6) is 0 Å². The highest BCUT2D eigenvalue weighted by Gasteiger charge is 2.39. The van der Waals surface area contributed by atoms with Gasteiger partial charge >= 0.3 is 5.97 Å². The van der Waals surface area contributed by atoms with E-state index in [1.165, 1.54) is 17.0 Å². The maximum Gasteiger partial charge on any atom is 0.371 e. The smallest absolute Gasteiger partial charge is 0.371 e. The van der Waals surface area contributed by atoms with Crippen LogP contribution in [0.15, 0.2) is 46.9 Å². The summed E-state index contributed by atoms with van der Waals surface area (Å²) in [5, 5.41) is 8.91. The van der Waals surface area contributed by atoms with E-state index < -0.39 is 17.9 Å². The Kier molecular flexibility index (Phi) is 4.56. The summed E-state index contributed by atoms with van der Waals surface area (Å²) < 4.78 is 5.08. The predicted molar refractivity (Wildman–Crippen MR) is 89.6 cm³/mol. The Hall–Kier alpha value is -3.09. The summed E-state index contributed by atoms with van der Waals surface area (Å²) in [6.45, 7) is 2.62. The highest BCUT2D eigenvalue weighted by molar-refractivity contribution is 6.03. The number of rotatable bonds is 5. The van der Waals surface area contributed by atoms with Crippen molar-refractivity contribution >= 4 is 23.5 Å². The van der Waals surface area contributed by atoms with Gasteiger partial charge in [0.25, 0.3) is 5.91 Å². The van der Waals surface area contributed by atoms with E-state index in [-0.39, 0.29) is 17.4 Å². The van der Waals surface area contributed by atoms with Gasteiger partial charge in [0.15, 0.2) is 5.76 Å². The first-order valence-corrected chi connectivity index (χ1v) is 8.03. The number of para-hydroxylation sites is 1. The Morgan fingerprint density at radius 2 is 1.88 bits per heavy atom. The highest BCUT2D eigenvalue weighted by Crippen LogP contribution is 2.25. The molecule has 130 valence electrons. The second-order valence-corrected chi connectivity index (χ2v) is 5.69. The van der Waals surface area contributed by atoms with Crippen molar-refractivity contribution in [1.82, 2.24) is 4.90 Å². The topological polar surface area (TPSA) is 91.1 Å². The standard InChI is InChI=1S/C18H18N2O5/c1-2-19(17(22)14-8-9-15(25-14)18(23)24)13-10-11-20(16(13)21)12-6-4-3-5-7-12/h3-9,13H,2,10-11H2,1H3,(H,23,24)/t13-/m1/s1. The van der Waals surface area contributed by atoms with Crippen LogP contribution in [0, 0.1) is 0 Å². The van der Waals surface area contributed by atoms with E-state index >= 15 is 0 Å². The van der Waals surface area contributed by atoms with Crippen molar-refractivity contribution in [2.75, 3.05) is 18.0 Å². The molecule has 1 saturated heterocycles. The van der Waals surface area contributed by atoms with Crippen molar-refractivity contribution in [2.45, 2.75) is 19.4 Å². The van der Waals surface area contributed by atoms with E-state index in [1.54, 1.807) is 11.8 Å². The van der Waals surface area contributed by atoms with Crippen LogP contribution in [0.2, 0.25) is 0 Å². The van der Waals surface area contributed by atoms with E-state index in [4.69, 9.17) is 9.52 Å². The number of carboxylic acids is 1. The number of anilines is 1. The lowest BCUT2D eigenvalue weighted by molar-refractivity contribution is -0.121. The summed E-state index contributed by atoms with van der Waals surface area (Å²) in [7, 11) is 0. The lowest BCUT2D eigenvalue weighted by Crippen LogP contribution is -2.45. The number of carboxylic acid groups (broad SMARTS) is 1. The molecule has 0 radical (unpaired) electrons. The molecule has 25 heavy (non-hydrogen) atoms. The molecule has 1 aromatic carbocycles. The first-order valence-electron chi connectivity index (χ1n) is 8.03. The lowest BCUT2D eigenvalue weighted by atomic mass is 10.2. The zero-order valence-electron chi connectivity index (χ0n) is 13.7. The Balaban J connectivity index is 1.80. The van der Waals surface area contributed by atoms with Gasteiger partial charge in [-0.3, -0.25) is 9.59 Å². The van der Waals surface area contributed by atoms with Gasteiger partial charge in [0.2, 0.25) is 11.7 Å². The molecule has 0 bridgehead atoms. The summed E-state index contributed by atoms with van der Waals surface area (Å²) in [6.07, 6.45) is 0.514. The zero-order chi connectivity index (χ0) is 18.0. The number of amides is 2. The Morgan fingerprint density at radius 3 is 2.48 bits per heavy atom. The Labute approximate surface area is 144 Å². The fourth-order valence-corrected chi connectivity index (χ4v) is 3.03. The van der Waals surface area contributed by atoms with E-state index in [2.05, 4.69) is 0 Å². The molecule has 1 aliphatic rings. The number of nitrogens with zero attached hydrogens (tertiary/aromatic N) is 2. The molecule has 1 N–H and O–H groups in total. The van der Waals surface area contributed by atoms with Crippen LogP contribution in [-0.2, 0) is 4.79 Å². The van der Waals surface area contributed by atoms with Crippen molar-refractivity contribution in [3.63, 3.8) is 0 Å². The number of likely N-dealkylation sites (N-methyl/N-ethyl adjacent to an activating group) is 1. The number of carbonyl (C=O) groups is 3. The highest BCUT2D eigenvalue weighted by atomic mass is 16.4. The Morgan fingerprint density at radius 1 is 1.20 bits per heavy atom. The summed E-state index contributed by atoms with van der Waals surface area (Å²) >= 11 is 0. The molecule has 1 aromatic heterocycles. The second-order valence-electron chi connectivity index (χ2n) is 5.69. The van der Waals surface area contributed by atoms with Crippen molar-refractivity contribution < 1.29 is 23.9 Å². The predicted octanol–water partition coefficient (Wildman–Crippen LogP) is 2.25. The van der Waals surface area contributed by atoms with Crippen LogP contribution in [0.4, 0.5) is 5.69 Å². The molecule has 1 fully saturated rings. The first kappa shape index (κ1) is 16.8. The van der Waals surface area contributed by atoms with Gasteiger partial charge in [0, 0.05) is 18.8 Å². The van der Waals surface area contributed by atoms with Gasteiger partial charge in [0.1, 0.15) is 6.04 Å². The van der Waals surface area contributed by atoms with Crippen LogP contribution in [0.25, 0.3) is 0 Å². The van der Waals surface area contributed by atoms with E-state index in [0.717, 1.165) is 5.69 Å². The number of hydrogen-bond donors (Lipinski definition) is 1. The van der Waals surface area contributed by atoms with Crippen LogP contribution >= 0.6 is 0 Å². The number of furan rings is 1. The number of hydrogen-bond acceptors (Lipinski definition) is 4. The molecule has 1 atom stereocenters. The third kappa shape index (κ3) is 3.13. The van der Waals surface area contributed by atoms with Crippen molar-refractivity contribution in [1.29, 1.82) is 0 Å². The molecular weight excluding hydrogens is 324 g/mol. The molecule has 0 saturated carbocycles. The molecule has 1 aliphatic heterocycles. The quantitative estimate of drug-likeness (QED) is 0.900. The molecule has 2 amide bonds. The SMILES string of the molecule is CCN(C(=O)c1ccc(C(=O)O)o1)[C@@H]1CCN(c2ccccc2)C1=O. The van der Waals surface area contributed by atoms with Gasteiger partial charge in [-0.05, 0) is 37.6 Å². The summed E-state index contributed by atoms with van der Waals surface area (Å²) in [5.74, 6) is -2.25. The molecule has 3 rings (SSSR count). The van der Waals surface area contributed by atoms with Gasteiger partial charge in [-0.2, -0.15) is 0 Å². The van der Waals surface area contributed by atoms with E-state index in [9.17, 15) is 14.4 Å². The van der Waals surface area contributed by atoms with Crippen LogP contribution in [0.3, 0.4) is 0 Å². The van der Waals surface area contributed by atoms with Crippen LogP contribution in [-0.4, -0.2) is 46.9 Å². The van der Waals surface area contributed by atoms with Gasteiger partial charge in [-0.25, -0.2) is 4.79 Å². The van der Waals surface area contributed by atoms with Crippen molar-refractivity contribution in [2.24, 2.45) is 0 Å². The molecule has 0 unspecified atom stereocenters. The summed E-state index contributed by atoms with van der Waals surface area (Å²) in [4.78, 5) is 39.4. The minimum Gasteiger partial charge on any atom is -0.475 e. The van der Waals surface area contributed by atoms with Crippen molar-refractivity contribution in [3.05, 3.63) is 54.0 Å². The number of benzene rings is 1. The molecule has 7 nitrogen and oxygen atoms in total. The molecule has 2 heterocycles. The van der Waals surface area contributed by atoms with Crippen LogP contribution < -0.4 is 4.90 Å². The molecule has 2 aromatic rings. The Bertz CT molecular complexity index is 799. The van der Waals surface area contributed by atoms with E-state index in [1.807, 2.05) is 30.3 Å². The molecule has 7 heteroatoms. The molecule has 0 spiro atoms. The average molecular weight is 342 g/mol. The van der Waals surface area contributed by atoms with E-state index in [0.29, 0.717) is 19.5 Å². The largest absolute Gasteiger partial charge is 0.475 e.